The van der Waals surface area contributed by atoms with Crippen LogP contribution in [0, 0.1) is 18.3 Å². The summed E-state index contributed by atoms with van der Waals surface area (Å²) in [5, 5.41) is 18.6. The highest BCUT2D eigenvalue weighted by atomic mass is 32.2. The molecule has 26 heavy (non-hydrogen) atoms. The lowest BCUT2D eigenvalue weighted by molar-refractivity contribution is 0.415. The van der Waals surface area contributed by atoms with Gasteiger partial charge in [0.25, 0.3) is 0 Å². The number of hydrogen-bond acceptors (Lipinski definition) is 5. The van der Waals surface area contributed by atoms with Crippen molar-refractivity contribution >= 4 is 11.8 Å². The smallest absolute Gasteiger partial charge is 0.192 e. The molecule has 0 saturated carbocycles. The molecule has 1 heterocycles. The summed E-state index contributed by atoms with van der Waals surface area (Å²) >= 11 is 1.44. The standard InChI is InChI=1S/C20H20N4OS/c1-14-4-6-15(7-5-14)12-18(13-21)26-20-23-22-19(24(20)2)16-8-10-17(25-3)11-9-16/h4-11,18H,12H2,1-3H3/t18-/m1/s1. The van der Waals surface area contributed by atoms with Gasteiger partial charge >= 0.3 is 0 Å². The minimum Gasteiger partial charge on any atom is -0.497 e. The first-order valence-electron chi connectivity index (χ1n) is 8.26. The van der Waals surface area contributed by atoms with Crippen LogP contribution in [0.25, 0.3) is 11.4 Å². The molecule has 0 aliphatic heterocycles. The van der Waals surface area contributed by atoms with Crippen molar-refractivity contribution in [2.24, 2.45) is 7.05 Å². The van der Waals surface area contributed by atoms with Crippen molar-refractivity contribution in [2.75, 3.05) is 7.11 Å². The topological polar surface area (TPSA) is 63.7 Å². The van der Waals surface area contributed by atoms with E-state index in [4.69, 9.17) is 4.74 Å². The van der Waals surface area contributed by atoms with Crippen LogP contribution in [0.15, 0.2) is 53.7 Å². The van der Waals surface area contributed by atoms with Crippen LogP contribution in [0.3, 0.4) is 0 Å². The molecule has 132 valence electrons. The van der Waals surface area contributed by atoms with Crippen LogP contribution in [0.5, 0.6) is 5.75 Å². The highest BCUT2D eigenvalue weighted by Gasteiger charge is 2.17. The molecule has 5 nitrogen and oxygen atoms in total. The largest absolute Gasteiger partial charge is 0.497 e. The molecule has 3 aromatic rings. The van der Waals surface area contributed by atoms with Crippen LogP contribution in [-0.2, 0) is 13.5 Å². The van der Waals surface area contributed by atoms with E-state index in [-0.39, 0.29) is 5.25 Å². The van der Waals surface area contributed by atoms with Gasteiger partial charge in [-0.25, -0.2) is 0 Å². The minimum absolute atomic E-state index is 0.218. The van der Waals surface area contributed by atoms with Crippen molar-refractivity contribution in [2.45, 2.75) is 23.8 Å². The fourth-order valence-corrected chi connectivity index (χ4v) is 3.50. The van der Waals surface area contributed by atoms with Crippen molar-refractivity contribution in [1.29, 1.82) is 5.26 Å². The second-order valence-corrected chi connectivity index (χ2v) is 7.19. The number of aryl methyl sites for hydroxylation is 1. The molecule has 0 aliphatic rings. The summed E-state index contributed by atoms with van der Waals surface area (Å²) in [5.41, 5.74) is 3.32. The molecule has 2 aromatic carbocycles. The van der Waals surface area contributed by atoms with Crippen LogP contribution in [0.4, 0.5) is 0 Å². The van der Waals surface area contributed by atoms with Gasteiger partial charge in [0.15, 0.2) is 11.0 Å². The molecule has 0 N–H and O–H groups in total. The Hall–Kier alpha value is -2.78. The molecule has 1 aromatic heterocycles. The zero-order valence-electron chi connectivity index (χ0n) is 15.0. The van der Waals surface area contributed by atoms with Gasteiger partial charge in [-0.15, -0.1) is 10.2 Å². The van der Waals surface area contributed by atoms with Gasteiger partial charge in [0.05, 0.1) is 13.2 Å². The average Bonchev–Trinajstić information content (AvgIpc) is 3.03. The summed E-state index contributed by atoms with van der Waals surface area (Å²) in [5.74, 6) is 1.57. The molecule has 0 unspecified atom stereocenters. The van der Waals surface area contributed by atoms with E-state index >= 15 is 0 Å². The summed E-state index contributed by atoms with van der Waals surface area (Å²) in [4.78, 5) is 0. The van der Waals surface area contributed by atoms with Gasteiger partial charge in [-0.3, -0.25) is 0 Å². The average molecular weight is 364 g/mol. The SMILES string of the molecule is COc1ccc(-c2nnc(S[C@@H](C#N)Cc3ccc(C)cc3)n2C)cc1. The Bertz CT molecular complexity index is 910. The van der Waals surface area contributed by atoms with Crippen molar-refractivity contribution in [3.8, 4) is 23.2 Å². The van der Waals surface area contributed by atoms with Crippen LogP contribution in [-0.4, -0.2) is 27.1 Å². The van der Waals surface area contributed by atoms with Gasteiger partial charge in [-0.1, -0.05) is 41.6 Å². The van der Waals surface area contributed by atoms with Crippen LogP contribution >= 0.6 is 11.8 Å². The number of nitrogens with zero attached hydrogens (tertiary/aromatic N) is 4. The Morgan fingerprint density at radius 1 is 1.12 bits per heavy atom. The van der Waals surface area contributed by atoms with Gasteiger partial charge in [-0.05, 0) is 43.2 Å². The Morgan fingerprint density at radius 3 is 2.42 bits per heavy atom. The van der Waals surface area contributed by atoms with Crippen LogP contribution < -0.4 is 4.74 Å². The molecule has 0 amide bonds. The van der Waals surface area contributed by atoms with Crippen molar-refractivity contribution < 1.29 is 4.74 Å². The Balaban J connectivity index is 1.75. The Labute approximate surface area is 157 Å². The number of hydrogen-bond donors (Lipinski definition) is 0. The predicted molar refractivity (Wildman–Crippen MR) is 103 cm³/mol. The molecule has 0 spiro atoms. The van der Waals surface area contributed by atoms with Gasteiger partial charge < -0.3 is 9.30 Å². The first-order chi connectivity index (χ1) is 12.6. The molecule has 3 rings (SSSR count). The Kier molecular flexibility index (Phi) is 5.59. The molecule has 1 atom stereocenters. The van der Waals surface area contributed by atoms with Crippen molar-refractivity contribution in [3.63, 3.8) is 0 Å². The molecule has 0 saturated heterocycles. The normalized spacial score (nSPS) is 11.8. The van der Waals surface area contributed by atoms with E-state index in [0.717, 1.165) is 27.9 Å². The summed E-state index contributed by atoms with van der Waals surface area (Å²) in [7, 11) is 3.56. The summed E-state index contributed by atoms with van der Waals surface area (Å²) in [6, 6.07) is 18.3. The lowest BCUT2D eigenvalue weighted by Gasteiger charge is -2.09. The van der Waals surface area contributed by atoms with E-state index < -0.39 is 0 Å². The number of aromatic nitrogens is 3. The highest BCUT2D eigenvalue weighted by molar-refractivity contribution is 8.00. The number of nitriles is 1. The van der Waals surface area contributed by atoms with Crippen molar-refractivity contribution in [1.82, 2.24) is 14.8 Å². The molecule has 0 bridgehead atoms. The second-order valence-electron chi connectivity index (χ2n) is 6.02. The molecular formula is C20H20N4OS. The first kappa shape index (κ1) is 18.0. The summed E-state index contributed by atoms with van der Waals surface area (Å²) in [6.07, 6.45) is 0.673. The van der Waals surface area contributed by atoms with Gasteiger partial charge in [0.1, 0.15) is 11.0 Å². The van der Waals surface area contributed by atoms with Crippen LogP contribution in [0.1, 0.15) is 11.1 Å². The van der Waals surface area contributed by atoms with Gasteiger partial charge in [0, 0.05) is 12.6 Å². The van der Waals surface area contributed by atoms with E-state index in [1.807, 2.05) is 35.9 Å². The number of methoxy groups -OCH3 is 1. The third-order valence-corrected chi connectivity index (χ3v) is 5.24. The third kappa shape index (κ3) is 4.06. The van der Waals surface area contributed by atoms with Crippen LogP contribution in [0.2, 0.25) is 0 Å². The fourth-order valence-electron chi connectivity index (χ4n) is 2.59. The maximum Gasteiger partial charge on any atom is 0.192 e. The maximum absolute atomic E-state index is 9.53. The predicted octanol–water partition coefficient (Wildman–Crippen LogP) is 4.03. The third-order valence-electron chi connectivity index (χ3n) is 4.12. The van der Waals surface area contributed by atoms with Crippen molar-refractivity contribution in [3.05, 3.63) is 59.7 Å². The van der Waals surface area contributed by atoms with E-state index in [9.17, 15) is 5.26 Å². The fraction of sp³-hybridized carbons (Fsp3) is 0.250. The number of thioether (sulfide) groups is 1. The van der Waals surface area contributed by atoms with E-state index in [1.54, 1.807) is 7.11 Å². The summed E-state index contributed by atoms with van der Waals surface area (Å²) in [6.45, 7) is 2.06. The molecule has 6 heteroatoms. The molecule has 0 radical (unpaired) electrons. The van der Waals surface area contributed by atoms with Gasteiger partial charge in [-0.2, -0.15) is 5.26 Å². The maximum atomic E-state index is 9.53. The lowest BCUT2D eigenvalue weighted by atomic mass is 10.1. The lowest BCUT2D eigenvalue weighted by Crippen LogP contribution is -2.06. The molecule has 0 fully saturated rings. The van der Waals surface area contributed by atoms with Gasteiger partial charge in [0.2, 0.25) is 0 Å². The minimum atomic E-state index is -0.218. The summed E-state index contributed by atoms with van der Waals surface area (Å²) < 4.78 is 7.11. The van der Waals surface area contributed by atoms with E-state index in [1.165, 1.54) is 17.3 Å². The second kappa shape index (κ2) is 8.07. The zero-order chi connectivity index (χ0) is 18.5. The first-order valence-corrected chi connectivity index (χ1v) is 9.14. The van der Waals surface area contributed by atoms with E-state index in [2.05, 4.69) is 47.5 Å². The zero-order valence-corrected chi connectivity index (χ0v) is 15.8. The highest BCUT2D eigenvalue weighted by Crippen LogP contribution is 2.28. The number of ether oxygens (including phenoxy) is 1. The monoisotopic (exact) mass is 364 g/mol. The van der Waals surface area contributed by atoms with E-state index in [0.29, 0.717) is 6.42 Å². The number of benzene rings is 2. The molecule has 0 aliphatic carbocycles. The Morgan fingerprint density at radius 2 is 1.81 bits per heavy atom. The number of rotatable bonds is 6. The molecular weight excluding hydrogens is 344 g/mol. The quantitative estimate of drug-likeness (QED) is 0.618.